The van der Waals surface area contributed by atoms with Crippen molar-refractivity contribution in [2.75, 3.05) is 20.3 Å². The molecular formula is C17H20O6. The number of rotatable bonds is 8. The zero-order valence-corrected chi connectivity index (χ0v) is 13.4. The number of hydrogen-bond acceptors (Lipinski definition) is 6. The van der Waals surface area contributed by atoms with Gasteiger partial charge in [-0.25, -0.2) is 0 Å². The minimum atomic E-state index is -1.59. The van der Waals surface area contributed by atoms with Crippen LogP contribution in [0.1, 0.15) is 19.4 Å². The molecule has 0 aromatic heterocycles. The third-order valence-electron chi connectivity index (χ3n) is 2.88. The fraction of sp³-hybridized carbons (Fsp3) is 0.353. The van der Waals surface area contributed by atoms with Crippen LogP contribution in [0.2, 0.25) is 0 Å². The molecule has 0 aliphatic carbocycles. The van der Waals surface area contributed by atoms with Crippen molar-refractivity contribution in [3.8, 4) is 5.75 Å². The smallest absolute Gasteiger partial charge is 0.328 e. The number of esters is 2. The Bertz CT molecular complexity index is 555. The normalized spacial score (nSPS) is 10.6. The second-order valence-corrected chi connectivity index (χ2v) is 4.45. The molecule has 0 fully saturated rings. The number of methoxy groups -OCH3 is 1. The van der Waals surface area contributed by atoms with Crippen molar-refractivity contribution in [2.24, 2.45) is 5.92 Å². The summed E-state index contributed by atoms with van der Waals surface area (Å²) in [6.07, 6.45) is 2.67. The van der Waals surface area contributed by atoms with Gasteiger partial charge in [0.05, 0.1) is 20.3 Å². The zero-order valence-electron chi connectivity index (χ0n) is 13.4. The molecule has 0 atom stereocenters. The average molecular weight is 320 g/mol. The first-order valence-corrected chi connectivity index (χ1v) is 7.22. The molecule has 0 aliphatic heterocycles. The lowest BCUT2D eigenvalue weighted by Gasteiger charge is -2.11. The summed E-state index contributed by atoms with van der Waals surface area (Å²) in [7, 11) is 1.55. The van der Waals surface area contributed by atoms with Gasteiger partial charge in [-0.2, -0.15) is 0 Å². The first kappa shape index (κ1) is 18.4. The lowest BCUT2D eigenvalue weighted by atomic mass is 10.0. The minimum Gasteiger partial charge on any atom is -0.497 e. The molecule has 0 saturated carbocycles. The fourth-order valence-corrected chi connectivity index (χ4v) is 1.77. The van der Waals surface area contributed by atoms with Crippen LogP contribution < -0.4 is 4.74 Å². The second kappa shape index (κ2) is 9.40. The first-order chi connectivity index (χ1) is 11.0. The third-order valence-corrected chi connectivity index (χ3v) is 2.88. The van der Waals surface area contributed by atoms with Gasteiger partial charge in [0.2, 0.25) is 5.92 Å². The highest BCUT2D eigenvalue weighted by Gasteiger charge is 2.35. The molecule has 0 spiro atoms. The summed E-state index contributed by atoms with van der Waals surface area (Å²) in [5, 5.41) is 0. The van der Waals surface area contributed by atoms with Crippen LogP contribution in [0.15, 0.2) is 30.3 Å². The Hall–Kier alpha value is -2.63. The van der Waals surface area contributed by atoms with Gasteiger partial charge in [-0.15, -0.1) is 0 Å². The number of ketones is 1. The Balaban J connectivity index is 2.88. The highest BCUT2D eigenvalue weighted by molar-refractivity contribution is 6.19. The Kier molecular flexibility index (Phi) is 7.53. The Labute approximate surface area is 135 Å². The molecule has 0 heterocycles. The first-order valence-electron chi connectivity index (χ1n) is 7.22. The number of carbonyl (C=O) groups excluding carboxylic acids is 3. The standard InChI is InChI=1S/C17H20O6/c1-4-22-16(19)15(17(20)23-5-2)14(18)11-8-12-6-9-13(21-3)10-7-12/h6-11,15H,4-5H2,1-3H3/b11-8+. The van der Waals surface area contributed by atoms with E-state index in [1.807, 2.05) is 0 Å². The molecule has 0 unspecified atom stereocenters. The lowest BCUT2D eigenvalue weighted by Crippen LogP contribution is -2.34. The summed E-state index contributed by atoms with van der Waals surface area (Å²) in [5.41, 5.74) is 0.727. The van der Waals surface area contributed by atoms with Crippen LogP contribution in [0.5, 0.6) is 5.75 Å². The number of benzene rings is 1. The van der Waals surface area contributed by atoms with E-state index in [4.69, 9.17) is 14.2 Å². The summed E-state index contributed by atoms with van der Waals surface area (Å²) in [4.78, 5) is 35.8. The molecule has 1 aromatic carbocycles. The van der Waals surface area contributed by atoms with E-state index in [2.05, 4.69) is 0 Å². The third kappa shape index (κ3) is 5.58. The molecule has 1 rings (SSSR count). The Morgan fingerprint density at radius 1 is 1.00 bits per heavy atom. The fourth-order valence-electron chi connectivity index (χ4n) is 1.77. The van der Waals surface area contributed by atoms with Crippen molar-refractivity contribution in [1.29, 1.82) is 0 Å². The topological polar surface area (TPSA) is 78.9 Å². The van der Waals surface area contributed by atoms with E-state index < -0.39 is 23.6 Å². The van der Waals surface area contributed by atoms with Crippen molar-refractivity contribution in [2.45, 2.75) is 13.8 Å². The van der Waals surface area contributed by atoms with Crippen molar-refractivity contribution in [3.63, 3.8) is 0 Å². The SMILES string of the molecule is CCOC(=O)C(C(=O)/C=C/c1ccc(OC)cc1)C(=O)OCC. The summed E-state index contributed by atoms with van der Waals surface area (Å²) in [5.74, 6) is -3.41. The maximum Gasteiger partial charge on any atom is 0.328 e. The van der Waals surface area contributed by atoms with Gasteiger partial charge >= 0.3 is 11.9 Å². The molecule has 23 heavy (non-hydrogen) atoms. The highest BCUT2D eigenvalue weighted by Crippen LogP contribution is 2.13. The zero-order chi connectivity index (χ0) is 17.2. The van der Waals surface area contributed by atoms with Crippen LogP contribution >= 0.6 is 0 Å². The number of ether oxygens (including phenoxy) is 3. The molecule has 0 N–H and O–H groups in total. The summed E-state index contributed by atoms with van der Waals surface area (Å²) < 4.78 is 14.6. The van der Waals surface area contributed by atoms with Gasteiger partial charge in [-0.1, -0.05) is 18.2 Å². The van der Waals surface area contributed by atoms with E-state index in [9.17, 15) is 14.4 Å². The quantitative estimate of drug-likeness (QED) is 0.414. The molecule has 6 nitrogen and oxygen atoms in total. The predicted molar refractivity (Wildman–Crippen MR) is 83.8 cm³/mol. The maximum absolute atomic E-state index is 12.2. The van der Waals surface area contributed by atoms with E-state index in [0.717, 1.165) is 5.56 Å². The van der Waals surface area contributed by atoms with E-state index >= 15 is 0 Å². The van der Waals surface area contributed by atoms with Gasteiger partial charge in [0.1, 0.15) is 5.75 Å². The van der Waals surface area contributed by atoms with Crippen molar-refractivity contribution in [3.05, 3.63) is 35.9 Å². The van der Waals surface area contributed by atoms with Gasteiger partial charge in [-0.05, 0) is 37.6 Å². The molecule has 0 bridgehead atoms. The lowest BCUT2D eigenvalue weighted by molar-refractivity contribution is -0.163. The Morgan fingerprint density at radius 2 is 1.52 bits per heavy atom. The van der Waals surface area contributed by atoms with Crippen LogP contribution in [-0.4, -0.2) is 38.0 Å². The van der Waals surface area contributed by atoms with Gasteiger partial charge in [-0.3, -0.25) is 14.4 Å². The number of carbonyl (C=O) groups is 3. The molecule has 0 aliphatic rings. The van der Waals surface area contributed by atoms with Crippen LogP contribution in [0.4, 0.5) is 0 Å². The average Bonchev–Trinajstić information content (AvgIpc) is 2.54. The van der Waals surface area contributed by atoms with Crippen molar-refractivity contribution < 1.29 is 28.6 Å². The van der Waals surface area contributed by atoms with Crippen LogP contribution in [0, 0.1) is 5.92 Å². The molecule has 0 radical (unpaired) electrons. The number of allylic oxidation sites excluding steroid dienone is 1. The van der Waals surface area contributed by atoms with Gasteiger partial charge < -0.3 is 14.2 Å². The van der Waals surface area contributed by atoms with E-state index in [1.165, 1.54) is 12.2 Å². The summed E-state index contributed by atoms with van der Waals surface area (Å²) >= 11 is 0. The largest absolute Gasteiger partial charge is 0.497 e. The predicted octanol–water partition coefficient (Wildman–Crippen LogP) is 2.02. The van der Waals surface area contributed by atoms with Crippen LogP contribution in [0.25, 0.3) is 6.08 Å². The van der Waals surface area contributed by atoms with Gasteiger partial charge in [0, 0.05) is 0 Å². The molecule has 124 valence electrons. The van der Waals surface area contributed by atoms with Crippen LogP contribution in [0.3, 0.4) is 0 Å². The monoisotopic (exact) mass is 320 g/mol. The Morgan fingerprint density at radius 3 is 1.96 bits per heavy atom. The second-order valence-electron chi connectivity index (χ2n) is 4.45. The number of hydrogen-bond donors (Lipinski definition) is 0. The molecule has 0 saturated heterocycles. The minimum absolute atomic E-state index is 0.0736. The maximum atomic E-state index is 12.2. The van der Waals surface area contributed by atoms with E-state index in [1.54, 1.807) is 45.2 Å². The molecule has 0 amide bonds. The van der Waals surface area contributed by atoms with Crippen LogP contribution in [-0.2, 0) is 23.9 Å². The summed E-state index contributed by atoms with van der Waals surface area (Å²) in [6, 6.07) is 6.95. The van der Waals surface area contributed by atoms with Gasteiger partial charge in [0.15, 0.2) is 5.78 Å². The molecule has 1 aromatic rings. The van der Waals surface area contributed by atoms with Crippen molar-refractivity contribution in [1.82, 2.24) is 0 Å². The highest BCUT2D eigenvalue weighted by atomic mass is 16.6. The van der Waals surface area contributed by atoms with E-state index in [0.29, 0.717) is 5.75 Å². The van der Waals surface area contributed by atoms with Crippen molar-refractivity contribution >= 4 is 23.8 Å². The van der Waals surface area contributed by atoms with E-state index in [-0.39, 0.29) is 13.2 Å². The molecular weight excluding hydrogens is 300 g/mol. The summed E-state index contributed by atoms with van der Waals surface area (Å²) in [6.45, 7) is 3.34. The van der Waals surface area contributed by atoms with Gasteiger partial charge in [0.25, 0.3) is 0 Å². The molecule has 6 heteroatoms.